The lowest BCUT2D eigenvalue weighted by atomic mass is 9.81. The minimum atomic E-state index is -3.36. The van der Waals surface area contributed by atoms with E-state index in [0.717, 1.165) is 56.2 Å². The molecule has 0 N–H and O–H groups in total. The Bertz CT molecular complexity index is 4200. The van der Waals surface area contributed by atoms with Crippen LogP contribution in [0.2, 0.25) is 0 Å². The maximum absolute atomic E-state index is 7.66. The largest absolute Gasteiger partial charge is 0.464 e. The molecule has 2 aliphatic carbocycles. The molecule has 2 aliphatic rings. The third kappa shape index (κ3) is 5.81. The maximum atomic E-state index is 7.66. The van der Waals surface area contributed by atoms with Gasteiger partial charge in [-0.3, -0.25) is 9.97 Å². The van der Waals surface area contributed by atoms with Crippen molar-refractivity contribution < 1.29 is 8.83 Å². The zero-order valence-corrected chi connectivity index (χ0v) is 39.8. The normalized spacial score (nSPS) is 12.2. The van der Waals surface area contributed by atoms with Crippen molar-refractivity contribution in [3.8, 4) is 95.4 Å². The summed E-state index contributed by atoms with van der Waals surface area (Å²) in [6.45, 7) is 0. The van der Waals surface area contributed by atoms with Crippen LogP contribution in [0.1, 0.15) is 0 Å². The Morgan fingerprint density at radius 3 is 1.43 bits per heavy atom. The van der Waals surface area contributed by atoms with Crippen molar-refractivity contribution in [3.63, 3.8) is 0 Å². The Morgan fingerprint density at radius 2 is 0.819 bits per heavy atom. The van der Waals surface area contributed by atoms with E-state index in [0.29, 0.717) is 0 Å². The van der Waals surface area contributed by atoms with E-state index in [2.05, 4.69) is 223 Å². The highest BCUT2D eigenvalue weighted by Gasteiger charge is 2.47. The number of furan rings is 2. The monoisotopic (exact) mass is 935 g/mol. The molecule has 0 saturated carbocycles. The second kappa shape index (κ2) is 15.8. The summed E-state index contributed by atoms with van der Waals surface area (Å²) in [4.78, 5) is 9.88. The van der Waals surface area contributed by atoms with Crippen LogP contribution in [0.15, 0.2) is 258 Å². The number of aromatic nitrogens is 3. The van der Waals surface area contributed by atoms with Crippen molar-refractivity contribution in [2.24, 2.45) is 0 Å². The highest BCUT2D eigenvalue weighted by molar-refractivity contribution is 7.19. The standard InChI is InChI=1S/C66H41N3O2Si/c1-3-17-43(18-4-1)72(44-19-5-2-6-20-44,62-41-59-54-35-38-70-65(54)55-27-15-36-67-63(55)64-56(66(59)71-62)28-16-37-68-64)45-32-34-51-50-33-31-42(69-60-29-13-11-25-52(60)53-26-12-14-30-61(53)69)39-57(50)48-23-9-7-21-46(48)47-22-8-10-24-49(47)58(51)40-45/h1-41H. The van der Waals surface area contributed by atoms with Crippen molar-refractivity contribution in [1.29, 1.82) is 0 Å². The summed E-state index contributed by atoms with van der Waals surface area (Å²) in [6.07, 6.45) is 5.42. The van der Waals surface area contributed by atoms with Crippen molar-refractivity contribution in [1.82, 2.24) is 14.5 Å². The molecule has 72 heavy (non-hydrogen) atoms. The molecule has 0 aliphatic heterocycles. The first-order chi connectivity index (χ1) is 35.7. The quantitative estimate of drug-likeness (QED) is 0.127. The lowest BCUT2D eigenvalue weighted by Crippen LogP contribution is -2.74. The van der Waals surface area contributed by atoms with E-state index >= 15 is 0 Å². The van der Waals surface area contributed by atoms with E-state index in [1.807, 2.05) is 24.5 Å². The summed E-state index contributed by atoms with van der Waals surface area (Å²) in [5, 5.41) is 7.02. The van der Waals surface area contributed by atoms with Gasteiger partial charge in [0.25, 0.3) is 0 Å². The van der Waals surface area contributed by atoms with E-state index in [9.17, 15) is 0 Å². The second-order valence-electron chi connectivity index (χ2n) is 18.7. The number of pyridine rings is 2. The van der Waals surface area contributed by atoms with Gasteiger partial charge in [0.05, 0.1) is 22.7 Å². The Hall–Kier alpha value is -9.36. The van der Waals surface area contributed by atoms with Gasteiger partial charge in [-0.25, -0.2) is 0 Å². The smallest absolute Gasteiger partial charge is 0.223 e. The Kier molecular flexibility index (Phi) is 8.91. The average Bonchev–Trinajstić information content (AvgIpc) is 4.20. The molecule has 0 radical (unpaired) electrons. The molecule has 15 rings (SSSR count). The number of benzene rings is 8. The van der Waals surface area contributed by atoms with Crippen LogP contribution in [0, 0.1) is 0 Å². The molecule has 0 unspecified atom stereocenters. The fourth-order valence-corrected chi connectivity index (χ4v) is 16.6. The van der Waals surface area contributed by atoms with Crippen molar-refractivity contribution >= 4 is 50.8 Å². The Balaban J connectivity index is 1.02. The molecule has 5 nitrogen and oxygen atoms in total. The molecule has 13 aromatic rings. The van der Waals surface area contributed by atoms with E-state index < -0.39 is 8.07 Å². The third-order valence-electron chi connectivity index (χ3n) is 15.1. The highest BCUT2D eigenvalue weighted by Crippen LogP contribution is 2.50. The summed E-state index contributed by atoms with van der Waals surface area (Å²) in [7, 11) is -3.36. The predicted octanol–water partition coefficient (Wildman–Crippen LogP) is 14.1. The van der Waals surface area contributed by atoms with Gasteiger partial charge in [-0.15, -0.1) is 0 Å². The fourth-order valence-electron chi connectivity index (χ4n) is 12.0. The highest BCUT2D eigenvalue weighted by atomic mass is 28.3. The van der Waals surface area contributed by atoms with Gasteiger partial charge in [0, 0.05) is 51.1 Å². The lowest BCUT2D eigenvalue weighted by Gasteiger charge is -2.33. The molecule has 0 bridgehead atoms. The van der Waals surface area contributed by atoms with Gasteiger partial charge in [0.15, 0.2) is 0 Å². The molecule has 0 saturated heterocycles. The number of fused-ring (bicyclic) bond motifs is 19. The number of nitrogens with zero attached hydrogens (tertiary/aromatic N) is 3. The topological polar surface area (TPSA) is 57.0 Å². The molecule has 8 aromatic carbocycles. The summed E-state index contributed by atoms with van der Waals surface area (Å²) < 4.78 is 16.5. The Morgan fingerprint density at radius 1 is 0.333 bits per heavy atom. The van der Waals surface area contributed by atoms with Gasteiger partial charge >= 0.3 is 0 Å². The molecule has 0 spiro atoms. The third-order valence-corrected chi connectivity index (χ3v) is 19.7. The second-order valence-corrected chi connectivity index (χ2v) is 22.5. The van der Waals surface area contributed by atoms with Crippen LogP contribution in [0.4, 0.5) is 0 Å². The number of rotatable bonds is 5. The van der Waals surface area contributed by atoms with Crippen LogP contribution in [0.25, 0.3) is 117 Å². The number of para-hydroxylation sites is 2. The van der Waals surface area contributed by atoms with E-state index in [1.165, 1.54) is 81.9 Å². The van der Waals surface area contributed by atoms with E-state index in [4.69, 9.17) is 18.8 Å². The summed E-state index contributed by atoms with van der Waals surface area (Å²) in [5.74, 6) is 1.49. The molecule has 0 amide bonds. The van der Waals surface area contributed by atoms with Crippen LogP contribution in [-0.2, 0) is 0 Å². The van der Waals surface area contributed by atoms with Crippen molar-refractivity contribution in [2.75, 3.05) is 0 Å². The van der Waals surface area contributed by atoms with Crippen molar-refractivity contribution in [3.05, 3.63) is 249 Å². The molecule has 0 atom stereocenters. The van der Waals surface area contributed by atoms with Gasteiger partial charge in [-0.05, 0) is 121 Å². The van der Waals surface area contributed by atoms with Gasteiger partial charge in [0.2, 0.25) is 8.07 Å². The summed E-state index contributed by atoms with van der Waals surface area (Å²) >= 11 is 0. The first-order valence-electron chi connectivity index (χ1n) is 24.4. The number of hydrogen-bond acceptors (Lipinski definition) is 4. The first kappa shape index (κ1) is 40.5. The lowest BCUT2D eigenvalue weighted by molar-refractivity contribution is 0.582. The minimum Gasteiger partial charge on any atom is -0.464 e. The molecule has 5 heterocycles. The molecular weight excluding hydrogens is 895 g/mol. The van der Waals surface area contributed by atoms with Gasteiger partial charge < -0.3 is 13.4 Å². The van der Waals surface area contributed by atoms with E-state index in [1.54, 1.807) is 6.26 Å². The maximum Gasteiger partial charge on any atom is 0.223 e. The zero-order chi connectivity index (χ0) is 47.3. The molecule has 5 aromatic heterocycles. The fraction of sp³-hybridized carbons (Fsp3) is 0. The first-order valence-corrected chi connectivity index (χ1v) is 26.4. The molecule has 0 fully saturated rings. The van der Waals surface area contributed by atoms with Gasteiger partial charge in [-0.1, -0.05) is 170 Å². The van der Waals surface area contributed by atoms with Gasteiger partial charge in [-0.2, -0.15) is 0 Å². The Labute approximate surface area is 416 Å². The minimum absolute atomic E-state index is 0.743. The SMILES string of the molecule is c1ccc([Si](c2ccccc2)(c2ccc3c(c2)-c2ccccc2-c2ccccc2-c2cc(-n4c5ccccc5c5ccccc54)ccc2-3)c2cc3c(o2)-c2cccnc2-c2ncccc2-c2occc2-3)cc1. The van der Waals surface area contributed by atoms with E-state index in [-0.39, 0.29) is 0 Å². The van der Waals surface area contributed by atoms with Gasteiger partial charge in [0.1, 0.15) is 22.9 Å². The number of hydrogen-bond donors (Lipinski definition) is 0. The summed E-state index contributed by atoms with van der Waals surface area (Å²) in [5.41, 5.74) is 18.2. The molecule has 336 valence electrons. The van der Waals surface area contributed by atoms with Crippen LogP contribution < -0.4 is 20.9 Å². The zero-order valence-electron chi connectivity index (χ0n) is 38.8. The van der Waals surface area contributed by atoms with Crippen LogP contribution in [0.3, 0.4) is 0 Å². The van der Waals surface area contributed by atoms with Crippen LogP contribution in [0.5, 0.6) is 0 Å². The molecular formula is C66H41N3O2Si. The van der Waals surface area contributed by atoms with Crippen LogP contribution >= 0.6 is 0 Å². The molecule has 6 heteroatoms. The summed E-state index contributed by atoms with van der Waals surface area (Å²) in [6, 6.07) is 84.3. The van der Waals surface area contributed by atoms with Crippen LogP contribution in [-0.4, -0.2) is 22.6 Å². The van der Waals surface area contributed by atoms with Crippen molar-refractivity contribution in [2.45, 2.75) is 0 Å². The average molecular weight is 936 g/mol. The predicted molar refractivity (Wildman–Crippen MR) is 295 cm³/mol.